The van der Waals surface area contributed by atoms with Crippen LogP contribution in [0.4, 0.5) is 26.3 Å². The maximum absolute atomic E-state index is 14.5. The highest BCUT2D eigenvalue weighted by Gasteiger charge is 2.41. The van der Waals surface area contributed by atoms with Crippen LogP contribution in [0, 0.1) is 17.7 Å². The first-order chi connectivity index (χ1) is 12.1. The van der Waals surface area contributed by atoms with Crippen molar-refractivity contribution in [3.8, 4) is 5.75 Å². The van der Waals surface area contributed by atoms with Crippen molar-refractivity contribution < 1.29 is 31.1 Å². The third-order valence-corrected chi connectivity index (χ3v) is 4.97. The average molecular weight is 382 g/mol. The van der Waals surface area contributed by atoms with Crippen LogP contribution in [0.1, 0.15) is 51.0 Å². The van der Waals surface area contributed by atoms with E-state index >= 15 is 0 Å². The second-order valence-corrected chi connectivity index (χ2v) is 7.11. The third kappa shape index (κ3) is 6.09. The van der Waals surface area contributed by atoms with Crippen LogP contribution >= 0.6 is 0 Å². The van der Waals surface area contributed by atoms with Crippen molar-refractivity contribution in [2.24, 2.45) is 11.8 Å². The van der Waals surface area contributed by atoms with E-state index in [0.717, 1.165) is 37.8 Å². The highest BCUT2D eigenvalue weighted by atomic mass is 19.4. The van der Waals surface area contributed by atoms with Crippen molar-refractivity contribution in [2.75, 3.05) is 6.61 Å². The number of rotatable bonds is 7. The van der Waals surface area contributed by atoms with Crippen LogP contribution in [-0.4, -0.2) is 18.7 Å². The minimum absolute atomic E-state index is 0.0579. The summed E-state index contributed by atoms with van der Waals surface area (Å²) in [6.45, 7) is 0.456. The molecule has 0 bridgehead atoms. The monoisotopic (exact) mass is 382 g/mol. The van der Waals surface area contributed by atoms with Gasteiger partial charge in [-0.05, 0) is 49.3 Å². The molecule has 1 aromatic rings. The molecule has 1 aliphatic rings. The Labute approximate surface area is 149 Å². The van der Waals surface area contributed by atoms with Crippen molar-refractivity contribution in [1.29, 1.82) is 0 Å². The summed E-state index contributed by atoms with van der Waals surface area (Å²) in [7, 11) is 0. The van der Waals surface area contributed by atoms with E-state index in [2.05, 4.69) is 11.7 Å². The van der Waals surface area contributed by atoms with Crippen LogP contribution in [0.3, 0.4) is 0 Å². The Balaban J connectivity index is 1.95. The van der Waals surface area contributed by atoms with Crippen molar-refractivity contribution >= 4 is 0 Å². The molecule has 1 aromatic carbocycles. The molecule has 7 heteroatoms. The van der Waals surface area contributed by atoms with Crippen LogP contribution < -0.4 is 4.74 Å². The summed E-state index contributed by atoms with van der Waals surface area (Å²) >= 11 is 0. The molecule has 0 aromatic heterocycles. The highest BCUT2D eigenvalue weighted by molar-refractivity contribution is 5.30. The van der Waals surface area contributed by atoms with Gasteiger partial charge in [-0.15, -0.1) is 0 Å². The molecule has 0 amide bonds. The maximum Gasteiger partial charge on any atom is 0.422 e. The van der Waals surface area contributed by atoms with Crippen molar-refractivity contribution in [1.82, 2.24) is 0 Å². The molecule has 1 fully saturated rings. The Morgan fingerprint density at radius 2 is 1.69 bits per heavy atom. The molecule has 26 heavy (non-hydrogen) atoms. The predicted molar refractivity (Wildman–Crippen MR) is 87.0 cm³/mol. The molecule has 0 aliphatic heterocycles. The van der Waals surface area contributed by atoms with E-state index in [4.69, 9.17) is 0 Å². The molecule has 1 saturated carbocycles. The number of alkyl halides is 5. The fraction of sp³-hybridized carbons (Fsp3) is 0.684. The van der Waals surface area contributed by atoms with Gasteiger partial charge < -0.3 is 4.74 Å². The number of hydrogen-bond donors (Lipinski definition) is 0. The van der Waals surface area contributed by atoms with E-state index in [1.54, 1.807) is 0 Å². The fourth-order valence-corrected chi connectivity index (χ4v) is 3.63. The SMILES string of the molecule is CCCC1CCC(C(F)(F)Cc2ccc(OCC(F)(F)F)c(F)c2)CC1. The van der Waals surface area contributed by atoms with Gasteiger partial charge in [0.05, 0.1) is 0 Å². The molecule has 148 valence electrons. The molecular weight excluding hydrogens is 358 g/mol. The minimum atomic E-state index is -4.59. The van der Waals surface area contributed by atoms with E-state index in [-0.39, 0.29) is 5.56 Å². The van der Waals surface area contributed by atoms with Crippen LogP contribution in [0.25, 0.3) is 0 Å². The lowest BCUT2D eigenvalue weighted by Gasteiger charge is -2.33. The van der Waals surface area contributed by atoms with Crippen LogP contribution in [0.15, 0.2) is 18.2 Å². The Bertz CT molecular complexity index is 576. The molecule has 0 N–H and O–H groups in total. The van der Waals surface area contributed by atoms with Gasteiger partial charge in [0.15, 0.2) is 18.2 Å². The van der Waals surface area contributed by atoms with Gasteiger partial charge in [-0.1, -0.05) is 25.8 Å². The Hall–Kier alpha value is -1.40. The van der Waals surface area contributed by atoms with E-state index < -0.39 is 42.6 Å². The van der Waals surface area contributed by atoms with Crippen LogP contribution in [0.2, 0.25) is 0 Å². The first-order valence-corrected chi connectivity index (χ1v) is 8.96. The fourth-order valence-electron chi connectivity index (χ4n) is 3.63. The molecule has 0 spiro atoms. The van der Waals surface area contributed by atoms with Crippen LogP contribution in [0.5, 0.6) is 5.75 Å². The zero-order valence-corrected chi connectivity index (χ0v) is 14.7. The average Bonchev–Trinajstić information content (AvgIpc) is 2.54. The first-order valence-electron chi connectivity index (χ1n) is 8.96. The zero-order valence-electron chi connectivity index (χ0n) is 14.7. The van der Waals surface area contributed by atoms with Gasteiger partial charge in [-0.2, -0.15) is 13.2 Å². The van der Waals surface area contributed by atoms with Gasteiger partial charge >= 0.3 is 6.18 Å². The summed E-state index contributed by atoms with van der Waals surface area (Å²) in [6, 6.07) is 3.01. The molecule has 0 atom stereocenters. The summed E-state index contributed by atoms with van der Waals surface area (Å²) in [4.78, 5) is 0. The smallest absolute Gasteiger partial charge is 0.422 e. The molecule has 0 radical (unpaired) electrons. The quantitative estimate of drug-likeness (QED) is 0.486. The summed E-state index contributed by atoms with van der Waals surface area (Å²) in [5.41, 5.74) is 0.0579. The van der Waals surface area contributed by atoms with Gasteiger partial charge in [-0.25, -0.2) is 13.2 Å². The van der Waals surface area contributed by atoms with Crippen molar-refractivity contribution in [3.63, 3.8) is 0 Å². The Morgan fingerprint density at radius 1 is 1.04 bits per heavy atom. The zero-order chi connectivity index (χ0) is 19.4. The molecule has 2 rings (SSSR count). The topological polar surface area (TPSA) is 9.23 Å². The van der Waals surface area contributed by atoms with Gasteiger partial charge in [0.25, 0.3) is 5.92 Å². The molecule has 1 nitrogen and oxygen atoms in total. The molecule has 0 heterocycles. The third-order valence-electron chi connectivity index (χ3n) is 4.97. The summed E-state index contributed by atoms with van der Waals surface area (Å²) < 4.78 is 83.6. The molecular formula is C19H24F6O. The predicted octanol–water partition coefficient (Wildman–Crippen LogP) is 6.55. The van der Waals surface area contributed by atoms with E-state index in [1.165, 1.54) is 6.07 Å². The second kappa shape index (κ2) is 8.53. The number of ether oxygens (including phenoxy) is 1. The summed E-state index contributed by atoms with van der Waals surface area (Å²) in [5, 5.41) is 0. The van der Waals surface area contributed by atoms with E-state index in [0.29, 0.717) is 18.8 Å². The lowest BCUT2D eigenvalue weighted by Crippen LogP contribution is -2.34. The lowest BCUT2D eigenvalue weighted by molar-refractivity contribution is -0.153. The van der Waals surface area contributed by atoms with Gasteiger partial charge in [0, 0.05) is 12.3 Å². The van der Waals surface area contributed by atoms with Gasteiger partial charge in [-0.3, -0.25) is 0 Å². The van der Waals surface area contributed by atoms with Crippen molar-refractivity contribution in [2.45, 2.75) is 64.0 Å². The summed E-state index contributed by atoms with van der Waals surface area (Å²) in [5.74, 6) is -4.84. The lowest BCUT2D eigenvalue weighted by atomic mass is 9.76. The van der Waals surface area contributed by atoms with Crippen LogP contribution in [-0.2, 0) is 6.42 Å². The second-order valence-electron chi connectivity index (χ2n) is 7.11. The minimum Gasteiger partial charge on any atom is -0.481 e. The first kappa shape index (κ1) is 20.9. The maximum atomic E-state index is 14.5. The Kier molecular flexibility index (Phi) is 6.86. The highest BCUT2D eigenvalue weighted by Crippen LogP contribution is 2.41. The molecule has 0 unspecified atom stereocenters. The number of benzene rings is 1. The number of hydrogen-bond acceptors (Lipinski definition) is 1. The van der Waals surface area contributed by atoms with E-state index in [9.17, 15) is 26.3 Å². The molecule has 1 aliphatic carbocycles. The molecule has 0 saturated heterocycles. The normalized spacial score (nSPS) is 21.7. The van der Waals surface area contributed by atoms with Gasteiger partial charge in [0.1, 0.15) is 0 Å². The van der Waals surface area contributed by atoms with Crippen molar-refractivity contribution in [3.05, 3.63) is 29.6 Å². The summed E-state index contributed by atoms with van der Waals surface area (Å²) in [6.07, 6.45) is -0.628. The Morgan fingerprint density at radius 3 is 2.23 bits per heavy atom. The number of halogens is 6. The van der Waals surface area contributed by atoms with Gasteiger partial charge in [0.2, 0.25) is 0 Å². The largest absolute Gasteiger partial charge is 0.481 e. The standard InChI is InChI=1S/C19H24F6O/c1-2-3-13-4-7-15(8-5-13)18(21,22)11-14-6-9-17(16(20)10-14)26-12-19(23,24)25/h6,9-10,13,15H,2-5,7-8,11-12H2,1H3. The van der Waals surface area contributed by atoms with E-state index in [1.807, 2.05) is 0 Å².